The van der Waals surface area contributed by atoms with E-state index in [4.69, 9.17) is 4.74 Å². The standard InChI is InChI=1S/C10H11IO2/c1-7(2)13-9-5-3-4-8(6-9)10(11)12/h3-7H,1-2H3. The van der Waals surface area contributed by atoms with Gasteiger partial charge in [0.05, 0.1) is 6.10 Å². The second kappa shape index (κ2) is 4.60. The summed E-state index contributed by atoms with van der Waals surface area (Å²) in [5.74, 6) is 0.748. The van der Waals surface area contributed by atoms with Crippen molar-refractivity contribution in [2.24, 2.45) is 0 Å². The Kier molecular flexibility index (Phi) is 3.71. The van der Waals surface area contributed by atoms with E-state index >= 15 is 0 Å². The van der Waals surface area contributed by atoms with Crippen molar-refractivity contribution in [3.8, 4) is 5.75 Å². The zero-order valence-corrected chi connectivity index (χ0v) is 9.74. The van der Waals surface area contributed by atoms with Gasteiger partial charge in [-0.05, 0) is 26.0 Å². The molecule has 0 aliphatic carbocycles. The first-order valence-electron chi connectivity index (χ1n) is 4.06. The smallest absolute Gasteiger partial charge is 0.222 e. The van der Waals surface area contributed by atoms with Gasteiger partial charge in [0.1, 0.15) is 5.75 Å². The summed E-state index contributed by atoms with van der Waals surface area (Å²) in [6, 6.07) is 7.21. The molecule has 0 radical (unpaired) electrons. The first-order valence-corrected chi connectivity index (χ1v) is 5.14. The van der Waals surface area contributed by atoms with Crippen LogP contribution in [0.25, 0.3) is 0 Å². The van der Waals surface area contributed by atoms with Gasteiger partial charge in [-0.25, -0.2) is 0 Å². The lowest BCUT2D eigenvalue weighted by Crippen LogP contribution is -2.05. The molecule has 0 amide bonds. The molecule has 0 saturated heterocycles. The van der Waals surface area contributed by atoms with E-state index < -0.39 is 0 Å². The molecule has 0 unspecified atom stereocenters. The van der Waals surface area contributed by atoms with Crippen LogP contribution in [-0.2, 0) is 0 Å². The van der Waals surface area contributed by atoms with Crippen LogP contribution in [0.4, 0.5) is 0 Å². The monoisotopic (exact) mass is 290 g/mol. The van der Waals surface area contributed by atoms with Gasteiger partial charge < -0.3 is 4.74 Å². The van der Waals surface area contributed by atoms with Gasteiger partial charge in [-0.2, -0.15) is 0 Å². The molecule has 0 saturated carbocycles. The van der Waals surface area contributed by atoms with Gasteiger partial charge in [0.15, 0.2) is 0 Å². The predicted molar refractivity (Wildman–Crippen MR) is 60.6 cm³/mol. The van der Waals surface area contributed by atoms with E-state index in [-0.39, 0.29) is 9.89 Å². The molecule has 70 valence electrons. The fourth-order valence-corrected chi connectivity index (χ4v) is 1.30. The van der Waals surface area contributed by atoms with Crippen molar-refractivity contribution in [1.29, 1.82) is 0 Å². The van der Waals surface area contributed by atoms with Crippen molar-refractivity contribution < 1.29 is 9.53 Å². The number of benzene rings is 1. The van der Waals surface area contributed by atoms with Crippen LogP contribution in [0.1, 0.15) is 24.2 Å². The van der Waals surface area contributed by atoms with Crippen LogP contribution >= 0.6 is 22.6 Å². The Bertz CT molecular complexity index is 308. The van der Waals surface area contributed by atoms with Crippen molar-refractivity contribution in [3.63, 3.8) is 0 Å². The van der Waals surface area contributed by atoms with Crippen LogP contribution in [0.2, 0.25) is 0 Å². The third-order valence-corrected chi connectivity index (χ3v) is 2.06. The van der Waals surface area contributed by atoms with E-state index in [9.17, 15) is 4.79 Å². The average molecular weight is 290 g/mol. The molecule has 0 bridgehead atoms. The summed E-state index contributed by atoms with van der Waals surface area (Å²) in [6.07, 6.45) is 0.138. The van der Waals surface area contributed by atoms with Gasteiger partial charge in [-0.1, -0.05) is 12.1 Å². The molecule has 1 aromatic rings. The van der Waals surface area contributed by atoms with Gasteiger partial charge in [0.25, 0.3) is 0 Å². The summed E-state index contributed by atoms with van der Waals surface area (Å²) in [7, 11) is 0. The number of hydrogen-bond donors (Lipinski definition) is 0. The van der Waals surface area contributed by atoms with E-state index in [1.807, 2.05) is 26.0 Å². The number of halogens is 1. The van der Waals surface area contributed by atoms with Crippen LogP contribution in [0.5, 0.6) is 5.75 Å². The lowest BCUT2D eigenvalue weighted by molar-refractivity contribution is 0.110. The SMILES string of the molecule is CC(C)Oc1cccc(C(=O)I)c1. The van der Waals surface area contributed by atoms with Crippen LogP contribution in [0.3, 0.4) is 0 Å². The number of rotatable bonds is 3. The first kappa shape index (κ1) is 10.5. The van der Waals surface area contributed by atoms with Crippen LogP contribution in [0, 0.1) is 0 Å². The molecule has 1 aromatic carbocycles. The van der Waals surface area contributed by atoms with Crippen molar-refractivity contribution in [3.05, 3.63) is 29.8 Å². The lowest BCUT2D eigenvalue weighted by atomic mass is 10.2. The fraction of sp³-hybridized carbons (Fsp3) is 0.300. The maximum absolute atomic E-state index is 11.0. The molecule has 3 heteroatoms. The van der Waals surface area contributed by atoms with Crippen molar-refractivity contribution in [2.75, 3.05) is 0 Å². The van der Waals surface area contributed by atoms with E-state index in [1.54, 1.807) is 34.7 Å². The maximum Gasteiger partial charge on any atom is 0.222 e. The molecule has 0 spiro atoms. The van der Waals surface area contributed by atoms with E-state index in [1.165, 1.54) is 0 Å². The summed E-state index contributed by atoms with van der Waals surface area (Å²) in [5, 5.41) is 0. The zero-order valence-electron chi connectivity index (χ0n) is 7.58. The minimum absolute atomic E-state index is 0.0341. The Morgan fingerprint density at radius 2 is 2.15 bits per heavy atom. The fourth-order valence-electron chi connectivity index (χ4n) is 0.964. The quantitative estimate of drug-likeness (QED) is 0.631. The van der Waals surface area contributed by atoms with Crippen molar-refractivity contribution in [1.82, 2.24) is 0 Å². The van der Waals surface area contributed by atoms with Gasteiger partial charge >= 0.3 is 0 Å². The molecule has 0 aliphatic rings. The third kappa shape index (κ3) is 3.34. The summed E-state index contributed by atoms with van der Waals surface area (Å²) in [4.78, 5) is 11.0. The highest BCUT2D eigenvalue weighted by atomic mass is 127. The molecule has 0 aliphatic heterocycles. The van der Waals surface area contributed by atoms with E-state index in [0.717, 1.165) is 5.75 Å². The number of carbonyl (C=O) groups is 1. The minimum Gasteiger partial charge on any atom is -0.491 e. The summed E-state index contributed by atoms with van der Waals surface area (Å²) in [5.41, 5.74) is 0.679. The number of carbonyl (C=O) groups excluding carboxylic acids is 1. The Hall–Kier alpha value is -0.580. The second-order valence-electron chi connectivity index (χ2n) is 2.97. The van der Waals surface area contributed by atoms with E-state index in [2.05, 4.69) is 0 Å². The Morgan fingerprint density at radius 3 is 2.69 bits per heavy atom. The minimum atomic E-state index is 0.0341. The van der Waals surface area contributed by atoms with Gasteiger partial charge in [-0.3, -0.25) is 4.79 Å². The van der Waals surface area contributed by atoms with Crippen LogP contribution < -0.4 is 4.74 Å². The normalized spacial score (nSPS) is 10.2. The highest BCUT2D eigenvalue weighted by molar-refractivity contribution is 14.1. The predicted octanol–water partition coefficient (Wildman–Crippen LogP) is 3.05. The van der Waals surface area contributed by atoms with Crippen molar-refractivity contribution in [2.45, 2.75) is 20.0 Å². The highest BCUT2D eigenvalue weighted by Crippen LogP contribution is 2.16. The highest BCUT2D eigenvalue weighted by Gasteiger charge is 2.03. The van der Waals surface area contributed by atoms with Gasteiger partial charge in [0.2, 0.25) is 3.79 Å². The maximum atomic E-state index is 11.0. The molecule has 0 fully saturated rings. The van der Waals surface area contributed by atoms with E-state index in [0.29, 0.717) is 5.56 Å². The molecule has 0 heterocycles. The average Bonchev–Trinajstić information content (AvgIpc) is 2.03. The molecule has 0 N–H and O–H groups in total. The molecule has 0 atom stereocenters. The van der Waals surface area contributed by atoms with Gasteiger partial charge in [-0.15, -0.1) is 0 Å². The van der Waals surface area contributed by atoms with Crippen LogP contribution in [-0.4, -0.2) is 9.89 Å². The van der Waals surface area contributed by atoms with Crippen LogP contribution in [0.15, 0.2) is 24.3 Å². The lowest BCUT2D eigenvalue weighted by Gasteiger charge is -2.09. The van der Waals surface area contributed by atoms with Gasteiger partial charge in [0, 0.05) is 28.2 Å². The largest absolute Gasteiger partial charge is 0.491 e. The Labute approximate surface area is 91.4 Å². The summed E-state index contributed by atoms with van der Waals surface area (Å²) >= 11 is 1.76. The summed E-state index contributed by atoms with van der Waals surface area (Å²) in [6.45, 7) is 3.91. The third-order valence-electron chi connectivity index (χ3n) is 1.43. The number of ether oxygens (including phenoxy) is 1. The zero-order chi connectivity index (χ0) is 9.84. The van der Waals surface area contributed by atoms with Crippen molar-refractivity contribution >= 4 is 26.4 Å². The molecule has 2 nitrogen and oxygen atoms in total. The topological polar surface area (TPSA) is 26.3 Å². The Morgan fingerprint density at radius 1 is 1.46 bits per heavy atom. The second-order valence-corrected chi connectivity index (χ2v) is 3.95. The Balaban J connectivity index is 2.85. The number of hydrogen-bond acceptors (Lipinski definition) is 2. The molecule has 0 aromatic heterocycles. The first-order chi connectivity index (χ1) is 6.09. The molecular weight excluding hydrogens is 279 g/mol. The molecular formula is C10H11IO2. The molecule has 1 rings (SSSR count). The molecule has 13 heavy (non-hydrogen) atoms. The summed E-state index contributed by atoms with van der Waals surface area (Å²) < 4.78 is 5.48.